The monoisotopic (exact) mass is 463 g/mol. The number of amides is 2. The maximum absolute atomic E-state index is 14.4. The van der Waals surface area contributed by atoms with E-state index in [9.17, 15) is 14.0 Å². The van der Waals surface area contributed by atoms with Crippen LogP contribution in [0.5, 0.6) is 0 Å². The van der Waals surface area contributed by atoms with Crippen molar-refractivity contribution in [1.29, 1.82) is 0 Å². The average molecular weight is 464 g/mol. The Morgan fingerprint density at radius 3 is 2.48 bits per heavy atom. The van der Waals surface area contributed by atoms with Gasteiger partial charge in [0.25, 0.3) is 11.8 Å². The van der Waals surface area contributed by atoms with Gasteiger partial charge in [-0.15, -0.1) is 0 Å². The third-order valence-electron chi connectivity index (χ3n) is 6.18. The highest BCUT2D eigenvalue weighted by molar-refractivity contribution is 7.80. The summed E-state index contributed by atoms with van der Waals surface area (Å²) in [4.78, 5) is 29.3. The quantitative estimate of drug-likeness (QED) is 0.396. The van der Waals surface area contributed by atoms with Crippen LogP contribution in [0.25, 0.3) is 11.6 Å². The number of thiocarbonyl (C=S) groups is 1. The van der Waals surface area contributed by atoms with Gasteiger partial charge in [0.15, 0.2) is 5.11 Å². The van der Waals surface area contributed by atoms with Crippen LogP contribution >= 0.6 is 12.2 Å². The van der Waals surface area contributed by atoms with Crippen molar-refractivity contribution in [2.75, 3.05) is 16.3 Å². The molecule has 2 heterocycles. The van der Waals surface area contributed by atoms with Gasteiger partial charge in [-0.2, -0.15) is 0 Å². The molecule has 33 heavy (non-hydrogen) atoms. The molecule has 1 fully saturated rings. The smallest absolute Gasteiger partial charge is 0.270 e. The third kappa shape index (κ3) is 3.86. The summed E-state index contributed by atoms with van der Waals surface area (Å²) in [5.74, 6) is -1.86. The SMILES string of the molecule is CCN1c2cc(C)c(/C=C3\C(=O)NC(=S)N(c4ccccc4F)C3=O)cc2C(C)=CC1(C)C. The predicted molar refractivity (Wildman–Crippen MR) is 135 cm³/mol. The summed E-state index contributed by atoms with van der Waals surface area (Å²) in [6.45, 7) is 11.3. The molecule has 1 saturated heterocycles. The lowest BCUT2D eigenvalue weighted by Gasteiger charge is -2.43. The number of rotatable bonds is 3. The number of anilines is 2. The summed E-state index contributed by atoms with van der Waals surface area (Å²) in [7, 11) is 0. The molecule has 0 spiro atoms. The van der Waals surface area contributed by atoms with Crippen molar-refractivity contribution < 1.29 is 14.0 Å². The van der Waals surface area contributed by atoms with Gasteiger partial charge in [0, 0.05) is 17.8 Å². The Hall–Kier alpha value is -3.32. The second kappa shape index (κ2) is 8.23. The number of nitrogens with zero attached hydrogens (tertiary/aromatic N) is 2. The van der Waals surface area contributed by atoms with E-state index in [0.717, 1.165) is 39.4 Å². The standard InChI is InChI=1S/C26H26FN3O2S/c1-6-29-22-11-15(2)17(12-18(22)16(3)14-26(29,4)5)13-19-23(31)28-25(33)30(24(19)32)21-10-8-7-9-20(21)27/h7-14H,6H2,1-5H3,(H,28,31,33)/b19-13+. The normalized spacial score (nSPS) is 18.9. The number of nitrogens with one attached hydrogen (secondary N) is 1. The lowest BCUT2D eigenvalue weighted by molar-refractivity contribution is -0.122. The average Bonchev–Trinajstić information content (AvgIpc) is 2.72. The van der Waals surface area contributed by atoms with E-state index in [-0.39, 0.29) is 21.9 Å². The number of para-hydroxylation sites is 1. The molecule has 0 saturated carbocycles. The van der Waals surface area contributed by atoms with E-state index in [1.54, 1.807) is 12.1 Å². The van der Waals surface area contributed by atoms with E-state index in [1.165, 1.54) is 18.2 Å². The highest BCUT2D eigenvalue weighted by Crippen LogP contribution is 2.40. The van der Waals surface area contributed by atoms with E-state index >= 15 is 0 Å². The zero-order chi connectivity index (χ0) is 24.1. The summed E-state index contributed by atoms with van der Waals surface area (Å²) in [6, 6.07) is 9.93. The number of likely N-dealkylation sites (N-methyl/N-ethyl adjacent to an activating group) is 1. The summed E-state index contributed by atoms with van der Waals surface area (Å²) < 4.78 is 14.4. The molecule has 0 atom stereocenters. The molecule has 2 aliphatic rings. The number of carbonyl (C=O) groups excluding carboxylic acids is 2. The van der Waals surface area contributed by atoms with Crippen molar-refractivity contribution in [2.24, 2.45) is 0 Å². The van der Waals surface area contributed by atoms with Gasteiger partial charge in [-0.25, -0.2) is 9.29 Å². The van der Waals surface area contributed by atoms with Crippen LogP contribution in [0.1, 0.15) is 44.4 Å². The number of hydrogen-bond donors (Lipinski definition) is 1. The van der Waals surface area contributed by atoms with E-state index in [1.807, 2.05) is 13.0 Å². The number of carbonyl (C=O) groups is 2. The van der Waals surface area contributed by atoms with Crippen molar-refractivity contribution in [1.82, 2.24) is 5.32 Å². The van der Waals surface area contributed by atoms with Gasteiger partial charge >= 0.3 is 0 Å². The molecule has 0 unspecified atom stereocenters. The number of fused-ring (bicyclic) bond motifs is 1. The van der Waals surface area contributed by atoms with Crippen LogP contribution in [0.4, 0.5) is 15.8 Å². The van der Waals surface area contributed by atoms with Crippen LogP contribution in [0.15, 0.2) is 48.0 Å². The second-order valence-corrected chi connectivity index (χ2v) is 9.25. The van der Waals surface area contributed by atoms with Gasteiger partial charge in [-0.05, 0) is 93.9 Å². The molecule has 7 heteroatoms. The van der Waals surface area contributed by atoms with E-state index in [2.05, 4.69) is 50.1 Å². The molecule has 2 amide bonds. The first-order chi connectivity index (χ1) is 15.5. The summed E-state index contributed by atoms with van der Waals surface area (Å²) in [6.07, 6.45) is 3.79. The van der Waals surface area contributed by atoms with Crippen LogP contribution < -0.4 is 15.1 Å². The van der Waals surface area contributed by atoms with Crippen LogP contribution in [0.3, 0.4) is 0 Å². The first-order valence-corrected chi connectivity index (χ1v) is 11.2. The minimum absolute atomic E-state index is 0.000148. The molecule has 4 rings (SSSR count). The molecule has 0 radical (unpaired) electrons. The minimum Gasteiger partial charge on any atom is -0.363 e. The van der Waals surface area contributed by atoms with Crippen molar-refractivity contribution in [3.8, 4) is 0 Å². The molecule has 170 valence electrons. The summed E-state index contributed by atoms with van der Waals surface area (Å²) in [5.41, 5.74) is 4.77. The Labute approximate surface area is 198 Å². The fourth-order valence-corrected chi connectivity index (χ4v) is 4.92. The van der Waals surface area contributed by atoms with Gasteiger partial charge in [0.2, 0.25) is 0 Å². The highest BCUT2D eigenvalue weighted by Gasteiger charge is 2.36. The largest absolute Gasteiger partial charge is 0.363 e. The number of allylic oxidation sites excluding steroid dienone is 1. The molecular weight excluding hydrogens is 437 g/mol. The molecule has 5 nitrogen and oxygen atoms in total. The zero-order valence-corrected chi connectivity index (χ0v) is 20.1. The molecular formula is C26H26FN3O2S. The Morgan fingerprint density at radius 2 is 1.82 bits per heavy atom. The number of benzene rings is 2. The van der Waals surface area contributed by atoms with Gasteiger partial charge in [-0.3, -0.25) is 14.9 Å². The van der Waals surface area contributed by atoms with E-state index in [4.69, 9.17) is 12.2 Å². The molecule has 2 aliphatic heterocycles. The molecule has 2 aromatic rings. The number of hydrogen-bond acceptors (Lipinski definition) is 4. The lowest BCUT2D eigenvalue weighted by Crippen LogP contribution is -2.54. The van der Waals surface area contributed by atoms with Gasteiger partial charge < -0.3 is 4.90 Å². The second-order valence-electron chi connectivity index (χ2n) is 8.86. The van der Waals surface area contributed by atoms with Gasteiger partial charge in [-0.1, -0.05) is 18.2 Å². The number of halogens is 1. The lowest BCUT2D eigenvalue weighted by atomic mass is 9.86. The van der Waals surface area contributed by atoms with Gasteiger partial charge in [0.1, 0.15) is 11.4 Å². The highest BCUT2D eigenvalue weighted by atomic mass is 32.1. The fourth-order valence-electron chi connectivity index (χ4n) is 4.64. The Balaban J connectivity index is 1.81. The maximum atomic E-state index is 14.4. The molecule has 0 aromatic heterocycles. The zero-order valence-electron chi connectivity index (χ0n) is 19.3. The minimum atomic E-state index is -0.658. The molecule has 2 aromatic carbocycles. The van der Waals surface area contributed by atoms with Gasteiger partial charge in [0.05, 0.1) is 11.2 Å². The van der Waals surface area contributed by atoms with E-state index < -0.39 is 17.6 Å². The number of aryl methyl sites for hydroxylation is 1. The van der Waals surface area contributed by atoms with Crippen molar-refractivity contribution in [3.63, 3.8) is 0 Å². The van der Waals surface area contributed by atoms with Crippen LogP contribution in [-0.4, -0.2) is 29.0 Å². The van der Waals surface area contributed by atoms with Crippen LogP contribution in [0, 0.1) is 12.7 Å². The Bertz CT molecular complexity index is 1260. The first kappa shape index (κ1) is 22.9. The Kier molecular flexibility index (Phi) is 5.70. The Morgan fingerprint density at radius 1 is 1.12 bits per heavy atom. The van der Waals surface area contributed by atoms with Crippen molar-refractivity contribution in [2.45, 2.75) is 40.2 Å². The summed E-state index contributed by atoms with van der Waals surface area (Å²) in [5, 5.41) is 2.37. The molecule has 0 bridgehead atoms. The van der Waals surface area contributed by atoms with E-state index in [0.29, 0.717) is 0 Å². The first-order valence-electron chi connectivity index (χ1n) is 10.8. The third-order valence-corrected chi connectivity index (χ3v) is 6.46. The van der Waals surface area contributed by atoms with Crippen molar-refractivity contribution in [3.05, 3.63) is 70.6 Å². The van der Waals surface area contributed by atoms with Crippen molar-refractivity contribution >= 4 is 52.2 Å². The fraction of sp³-hybridized carbons (Fsp3) is 0.269. The molecule has 0 aliphatic carbocycles. The maximum Gasteiger partial charge on any atom is 0.270 e. The molecule has 1 N–H and O–H groups in total. The van der Waals surface area contributed by atoms with Crippen LogP contribution in [0.2, 0.25) is 0 Å². The topological polar surface area (TPSA) is 52.7 Å². The predicted octanol–water partition coefficient (Wildman–Crippen LogP) is 4.99. The summed E-state index contributed by atoms with van der Waals surface area (Å²) >= 11 is 5.18. The van der Waals surface area contributed by atoms with Crippen LogP contribution in [-0.2, 0) is 9.59 Å².